The molecule has 0 heterocycles. The van der Waals surface area contributed by atoms with Gasteiger partial charge in [0.25, 0.3) is 5.91 Å². The summed E-state index contributed by atoms with van der Waals surface area (Å²) in [5.41, 5.74) is 0.141. The summed E-state index contributed by atoms with van der Waals surface area (Å²) >= 11 is 3.21. The van der Waals surface area contributed by atoms with Crippen molar-refractivity contribution >= 4 is 41.7 Å². The average Bonchev–Trinajstić information content (AvgIpc) is 3.30. The molecule has 0 spiro atoms. The van der Waals surface area contributed by atoms with E-state index in [0.29, 0.717) is 4.47 Å². The predicted molar refractivity (Wildman–Crippen MR) is 94.1 cm³/mol. The Kier molecular flexibility index (Phi) is 6.05. The van der Waals surface area contributed by atoms with E-state index in [0.717, 1.165) is 12.8 Å². The summed E-state index contributed by atoms with van der Waals surface area (Å²) in [5, 5.41) is 2.50. The number of sulfone groups is 1. The zero-order chi connectivity index (χ0) is 18.0. The number of halogens is 1. The lowest BCUT2D eigenvalue weighted by Crippen LogP contribution is -2.30. The topological polar surface area (TPSA) is 109 Å². The van der Waals surface area contributed by atoms with Crippen LogP contribution in [0.15, 0.2) is 27.6 Å². The molecule has 0 atom stereocenters. The fourth-order valence-corrected chi connectivity index (χ4v) is 4.35. The molecule has 134 valence electrons. The number of benzene rings is 1. The Morgan fingerprint density at radius 1 is 1.25 bits per heavy atom. The monoisotopic (exact) mass is 438 g/mol. The van der Waals surface area contributed by atoms with Gasteiger partial charge in [0.1, 0.15) is 0 Å². The molecular weight excluding hydrogens is 420 g/mol. The van der Waals surface area contributed by atoms with Crippen LogP contribution in [0.25, 0.3) is 0 Å². The molecule has 24 heavy (non-hydrogen) atoms. The Bertz CT molecular complexity index is 833. The minimum Gasteiger partial charge on any atom is -0.351 e. The molecule has 1 aliphatic rings. The molecular formula is C14H19BrN2O5S2. The van der Waals surface area contributed by atoms with Crippen LogP contribution in [0.2, 0.25) is 0 Å². The van der Waals surface area contributed by atoms with E-state index >= 15 is 0 Å². The van der Waals surface area contributed by atoms with Gasteiger partial charge in [-0.2, -0.15) is 0 Å². The van der Waals surface area contributed by atoms with Crippen LogP contribution >= 0.6 is 15.9 Å². The molecule has 2 N–H and O–H groups in total. The number of amides is 1. The molecule has 1 aliphatic carbocycles. The number of hydrogen-bond acceptors (Lipinski definition) is 5. The number of carbonyl (C=O) groups is 1. The first-order chi connectivity index (χ1) is 11.1. The number of sulfonamides is 1. The average molecular weight is 439 g/mol. The van der Waals surface area contributed by atoms with Gasteiger partial charge in [-0.05, 0) is 47.0 Å². The lowest BCUT2D eigenvalue weighted by molar-refractivity contribution is 0.0955. The van der Waals surface area contributed by atoms with E-state index < -0.39 is 25.8 Å². The third kappa shape index (κ3) is 5.27. The van der Waals surface area contributed by atoms with Gasteiger partial charge in [-0.25, -0.2) is 21.6 Å². The molecule has 2 rings (SSSR count). The van der Waals surface area contributed by atoms with Gasteiger partial charge in [0.15, 0.2) is 9.84 Å². The lowest BCUT2D eigenvalue weighted by Gasteiger charge is -2.10. The fourth-order valence-electron chi connectivity index (χ4n) is 1.89. The van der Waals surface area contributed by atoms with E-state index in [1.54, 1.807) is 0 Å². The molecule has 0 saturated heterocycles. The van der Waals surface area contributed by atoms with Gasteiger partial charge in [0.05, 0.1) is 16.2 Å². The molecule has 1 amide bonds. The summed E-state index contributed by atoms with van der Waals surface area (Å²) in [6.07, 6.45) is 1.63. The minimum absolute atomic E-state index is 0.00364. The van der Waals surface area contributed by atoms with Gasteiger partial charge < -0.3 is 5.32 Å². The quantitative estimate of drug-likeness (QED) is 0.630. The highest BCUT2D eigenvalue weighted by atomic mass is 79.9. The number of carbonyl (C=O) groups excluding carboxylic acids is 1. The molecule has 10 heteroatoms. The molecule has 1 aromatic rings. The lowest BCUT2D eigenvalue weighted by atomic mass is 10.2. The van der Waals surface area contributed by atoms with Crippen LogP contribution < -0.4 is 10.0 Å². The van der Waals surface area contributed by atoms with Gasteiger partial charge in [-0.1, -0.05) is 6.92 Å². The maximum atomic E-state index is 12.2. The van der Waals surface area contributed by atoms with Crippen molar-refractivity contribution in [2.24, 2.45) is 0 Å². The number of rotatable bonds is 8. The fraction of sp³-hybridized carbons (Fsp3) is 0.500. The Morgan fingerprint density at radius 3 is 2.50 bits per heavy atom. The van der Waals surface area contributed by atoms with E-state index in [4.69, 9.17) is 0 Å². The van der Waals surface area contributed by atoms with Crippen molar-refractivity contribution in [3.8, 4) is 0 Å². The van der Waals surface area contributed by atoms with Gasteiger partial charge in [0.2, 0.25) is 10.0 Å². The molecule has 1 saturated carbocycles. The van der Waals surface area contributed by atoms with Gasteiger partial charge >= 0.3 is 0 Å². The summed E-state index contributed by atoms with van der Waals surface area (Å²) in [6, 6.07) is 4.14. The maximum Gasteiger partial charge on any atom is 0.252 e. The van der Waals surface area contributed by atoms with Gasteiger partial charge in [-0.15, -0.1) is 0 Å². The summed E-state index contributed by atoms with van der Waals surface area (Å²) in [6.45, 7) is 1.51. The van der Waals surface area contributed by atoms with Crippen LogP contribution in [0.5, 0.6) is 0 Å². The Labute approximate surface area is 150 Å². The Morgan fingerprint density at radius 2 is 1.92 bits per heavy atom. The molecule has 0 radical (unpaired) electrons. The standard InChI is InChI=1S/C14H19BrN2O5S2/c1-2-23(19,20)8-7-16-14(18)12-9-11(5-6-13(12)15)24(21,22)17-10-3-4-10/h5-6,9-10,17H,2-4,7-8H2,1H3,(H,16,18). The van der Waals surface area contributed by atoms with Crippen molar-refractivity contribution in [2.75, 3.05) is 18.1 Å². The van der Waals surface area contributed by atoms with E-state index in [1.807, 2.05) is 0 Å². The van der Waals surface area contributed by atoms with Crippen LogP contribution in [0.3, 0.4) is 0 Å². The molecule has 1 fully saturated rings. The van der Waals surface area contributed by atoms with Crippen LogP contribution in [0.1, 0.15) is 30.1 Å². The highest BCUT2D eigenvalue weighted by Crippen LogP contribution is 2.25. The first-order valence-corrected chi connectivity index (χ1v) is 11.5. The third-order valence-corrected chi connectivity index (χ3v) is 7.45. The Balaban J connectivity index is 2.11. The van der Waals surface area contributed by atoms with Gasteiger partial charge in [0, 0.05) is 22.8 Å². The third-order valence-electron chi connectivity index (χ3n) is 3.53. The van der Waals surface area contributed by atoms with Crippen LogP contribution in [-0.4, -0.2) is 46.8 Å². The zero-order valence-electron chi connectivity index (χ0n) is 13.1. The summed E-state index contributed by atoms with van der Waals surface area (Å²) in [5.74, 6) is -0.682. The van der Waals surface area contributed by atoms with E-state index in [2.05, 4.69) is 26.0 Å². The summed E-state index contributed by atoms with van der Waals surface area (Å²) in [4.78, 5) is 12.2. The van der Waals surface area contributed by atoms with E-state index in [-0.39, 0.29) is 34.6 Å². The van der Waals surface area contributed by atoms with Crippen molar-refractivity contribution in [2.45, 2.75) is 30.7 Å². The van der Waals surface area contributed by atoms with E-state index in [1.165, 1.54) is 25.1 Å². The second-order valence-corrected chi connectivity index (χ2v) is 10.6. The number of hydrogen-bond donors (Lipinski definition) is 2. The van der Waals surface area contributed by atoms with Crippen molar-refractivity contribution < 1.29 is 21.6 Å². The van der Waals surface area contributed by atoms with Gasteiger partial charge in [-0.3, -0.25) is 4.79 Å². The molecule has 0 aliphatic heterocycles. The summed E-state index contributed by atoms with van der Waals surface area (Å²) in [7, 11) is -6.84. The summed E-state index contributed by atoms with van der Waals surface area (Å²) < 4.78 is 50.3. The van der Waals surface area contributed by atoms with Crippen LogP contribution in [-0.2, 0) is 19.9 Å². The van der Waals surface area contributed by atoms with Crippen molar-refractivity contribution in [1.82, 2.24) is 10.0 Å². The molecule has 0 unspecified atom stereocenters. The van der Waals surface area contributed by atoms with Crippen molar-refractivity contribution in [1.29, 1.82) is 0 Å². The van der Waals surface area contributed by atoms with Crippen LogP contribution in [0.4, 0.5) is 0 Å². The predicted octanol–water partition coefficient (Wildman–Crippen LogP) is 1.05. The zero-order valence-corrected chi connectivity index (χ0v) is 16.3. The van der Waals surface area contributed by atoms with E-state index in [9.17, 15) is 21.6 Å². The maximum absolute atomic E-state index is 12.2. The molecule has 1 aromatic carbocycles. The SMILES string of the molecule is CCS(=O)(=O)CCNC(=O)c1cc(S(=O)(=O)NC2CC2)ccc1Br. The van der Waals surface area contributed by atoms with Crippen LogP contribution in [0, 0.1) is 0 Å². The normalized spacial score (nSPS) is 15.2. The second kappa shape index (κ2) is 7.51. The smallest absolute Gasteiger partial charge is 0.252 e. The first kappa shape index (κ1) is 19.4. The highest BCUT2D eigenvalue weighted by Gasteiger charge is 2.28. The highest BCUT2D eigenvalue weighted by molar-refractivity contribution is 9.10. The largest absolute Gasteiger partial charge is 0.351 e. The first-order valence-electron chi connectivity index (χ1n) is 7.45. The number of nitrogens with one attached hydrogen (secondary N) is 2. The van der Waals surface area contributed by atoms with Crippen molar-refractivity contribution in [3.05, 3.63) is 28.2 Å². The molecule has 0 bridgehead atoms. The van der Waals surface area contributed by atoms with Crippen molar-refractivity contribution in [3.63, 3.8) is 0 Å². The molecule has 7 nitrogen and oxygen atoms in total. The minimum atomic E-state index is -3.66. The molecule has 0 aromatic heterocycles. The Hall–Kier alpha value is -0.970. The second-order valence-electron chi connectivity index (χ2n) is 5.53.